The minimum atomic E-state index is -0.743. The van der Waals surface area contributed by atoms with Gasteiger partial charge < -0.3 is 20.4 Å². The second-order valence-corrected chi connectivity index (χ2v) is 16.6. The molecule has 3 N–H and O–H groups in total. The number of hydrogen-bond acceptors (Lipinski definition) is 6. The van der Waals surface area contributed by atoms with Gasteiger partial charge in [-0.05, 0) is 110 Å². The van der Waals surface area contributed by atoms with Gasteiger partial charge in [-0.15, -0.1) is 0 Å². The van der Waals surface area contributed by atoms with E-state index in [1.54, 1.807) is 24.3 Å². The van der Waals surface area contributed by atoms with E-state index in [0.717, 1.165) is 37.7 Å². The van der Waals surface area contributed by atoms with Gasteiger partial charge in [0.15, 0.2) is 5.78 Å². The highest BCUT2D eigenvalue weighted by atomic mass is 16.3. The average Bonchev–Trinajstić information content (AvgIpc) is 3.42. The van der Waals surface area contributed by atoms with Crippen molar-refractivity contribution < 1.29 is 24.6 Å². The van der Waals surface area contributed by atoms with Crippen molar-refractivity contribution >= 4 is 17.6 Å². The number of benzene rings is 2. The Morgan fingerprint density at radius 1 is 0.857 bits per heavy atom. The van der Waals surface area contributed by atoms with Crippen molar-refractivity contribution in [1.29, 1.82) is 0 Å². The summed E-state index contributed by atoms with van der Waals surface area (Å²) in [4.78, 5) is 43.8. The molecule has 4 saturated carbocycles. The molecule has 2 aromatic rings. The van der Waals surface area contributed by atoms with Crippen LogP contribution < -0.4 is 5.32 Å². The van der Waals surface area contributed by atoms with Crippen LogP contribution in [0.1, 0.15) is 98.4 Å². The lowest BCUT2D eigenvalue weighted by Crippen LogP contribution is -2.63. The summed E-state index contributed by atoms with van der Waals surface area (Å²) in [6, 6.07) is 15.7. The Balaban J connectivity index is 1.03. The fourth-order valence-corrected chi connectivity index (χ4v) is 11.3. The quantitative estimate of drug-likeness (QED) is 0.354. The van der Waals surface area contributed by atoms with E-state index < -0.39 is 6.04 Å². The standard InChI is InChI=1S/C41H55N3O5/c1-26(45)28-10-7-11-29(23-28)38(48)42-34(22-27-8-5-4-6-9-27)39(49)44-20-18-43(19-21-44)35-25-41(3)30(24-36(35)46)12-13-31-32-14-15-37(47)40(32,2)17-16-33(31)41/h4-11,23,30-37,46-47H,12-22,24-25H2,1-3H3,(H,42,48)/t30-,31-,32-,33-,34-,35-,36-,37-,40-,41-/m0/s1. The summed E-state index contributed by atoms with van der Waals surface area (Å²) >= 11 is 0. The molecule has 4 aliphatic carbocycles. The first-order chi connectivity index (χ1) is 23.5. The maximum absolute atomic E-state index is 14.1. The number of ketones is 1. The van der Waals surface area contributed by atoms with Crippen LogP contribution in [0, 0.1) is 34.5 Å². The summed E-state index contributed by atoms with van der Waals surface area (Å²) in [6.07, 6.45) is 8.49. The minimum Gasteiger partial charge on any atom is -0.393 e. The number of aliphatic hydroxyl groups is 2. The van der Waals surface area contributed by atoms with Crippen LogP contribution in [-0.2, 0) is 11.2 Å². The summed E-state index contributed by atoms with van der Waals surface area (Å²) in [6.45, 7) is 8.83. The number of hydrogen-bond donors (Lipinski definition) is 3. The molecule has 0 spiro atoms. The summed E-state index contributed by atoms with van der Waals surface area (Å²) in [5.41, 5.74) is 2.03. The predicted octanol–water partition coefficient (Wildman–Crippen LogP) is 5.12. The van der Waals surface area contributed by atoms with Crippen molar-refractivity contribution in [2.75, 3.05) is 26.2 Å². The van der Waals surface area contributed by atoms with Gasteiger partial charge in [0.25, 0.3) is 5.91 Å². The topological polar surface area (TPSA) is 110 Å². The van der Waals surface area contributed by atoms with Gasteiger partial charge in [0.05, 0.1) is 12.2 Å². The molecule has 0 bridgehead atoms. The van der Waals surface area contributed by atoms with Crippen LogP contribution in [0.4, 0.5) is 0 Å². The summed E-state index contributed by atoms with van der Waals surface area (Å²) in [7, 11) is 0. The maximum Gasteiger partial charge on any atom is 0.251 e. The van der Waals surface area contributed by atoms with Crippen molar-refractivity contribution in [2.24, 2.45) is 34.5 Å². The number of nitrogens with one attached hydrogen (secondary N) is 1. The summed E-state index contributed by atoms with van der Waals surface area (Å²) < 4.78 is 0. The van der Waals surface area contributed by atoms with Crippen molar-refractivity contribution in [1.82, 2.24) is 15.1 Å². The molecular weight excluding hydrogens is 614 g/mol. The molecule has 0 unspecified atom stereocenters. The number of carbonyl (C=O) groups is 3. The Kier molecular flexibility index (Phi) is 9.52. The van der Waals surface area contributed by atoms with Gasteiger partial charge in [0.2, 0.25) is 5.91 Å². The number of rotatable bonds is 7. The van der Waals surface area contributed by atoms with E-state index in [9.17, 15) is 24.6 Å². The molecular formula is C41H55N3O5. The zero-order valence-corrected chi connectivity index (χ0v) is 29.5. The lowest BCUT2D eigenvalue weighted by Gasteiger charge is -2.62. The highest BCUT2D eigenvalue weighted by Crippen LogP contribution is 2.66. The Morgan fingerprint density at radius 2 is 1.57 bits per heavy atom. The Bertz CT molecular complexity index is 1540. The molecule has 1 saturated heterocycles. The van der Waals surface area contributed by atoms with Crippen molar-refractivity contribution in [3.8, 4) is 0 Å². The molecule has 0 radical (unpaired) electrons. The summed E-state index contributed by atoms with van der Waals surface area (Å²) in [5, 5.41) is 25.5. The second-order valence-electron chi connectivity index (χ2n) is 16.6. The Hall–Kier alpha value is -3.07. The smallest absolute Gasteiger partial charge is 0.251 e. The van der Waals surface area contributed by atoms with Gasteiger partial charge in [0, 0.05) is 49.8 Å². The first kappa shape index (κ1) is 34.4. The van der Waals surface area contributed by atoms with Crippen LogP contribution in [0.2, 0.25) is 0 Å². The normalized spacial score (nSPS) is 36.6. The van der Waals surface area contributed by atoms with Crippen LogP contribution >= 0.6 is 0 Å². The van der Waals surface area contributed by atoms with Crippen LogP contribution in [0.3, 0.4) is 0 Å². The molecule has 2 amide bonds. The molecule has 5 fully saturated rings. The molecule has 10 atom stereocenters. The first-order valence-electron chi connectivity index (χ1n) is 18.8. The fourth-order valence-electron chi connectivity index (χ4n) is 11.3. The van der Waals surface area contributed by atoms with E-state index in [1.165, 1.54) is 26.2 Å². The van der Waals surface area contributed by atoms with Crippen LogP contribution in [-0.4, -0.2) is 88.1 Å². The van der Waals surface area contributed by atoms with Crippen LogP contribution in [0.5, 0.6) is 0 Å². The maximum atomic E-state index is 14.1. The van der Waals surface area contributed by atoms with E-state index in [4.69, 9.17) is 0 Å². The lowest BCUT2D eigenvalue weighted by molar-refractivity contribution is -0.157. The number of aliphatic hydroxyl groups excluding tert-OH is 2. The average molecular weight is 670 g/mol. The predicted molar refractivity (Wildman–Crippen MR) is 189 cm³/mol. The third kappa shape index (κ3) is 6.38. The fraction of sp³-hybridized carbons (Fsp3) is 0.634. The van der Waals surface area contributed by atoms with Gasteiger partial charge in [-0.3, -0.25) is 19.3 Å². The van der Waals surface area contributed by atoms with Gasteiger partial charge in [-0.2, -0.15) is 0 Å². The number of piperazine rings is 1. The largest absolute Gasteiger partial charge is 0.393 e. The zero-order chi connectivity index (χ0) is 34.5. The van der Waals surface area contributed by atoms with Gasteiger partial charge in [-0.1, -0.05) is 56.3 Å². The van der Waals surface area contributed by atoms with Gasteiger partial charge in [0.1, 0.15) is 6.04 Å². The second kappa shape index (κ2) is 13.6. The monoisotopic (exact) mass is 669 g/mol. The van der Waals surface area contributed by atoms with Crippen molar-refractivity contribution in [3.05, 3.63) is 71.3 Å². The Morgan fingerprint density at radius 3 is 2.31 bits per heavy atom. The molecule has 8 heteroatoms. The SMILES string of the molecule is CC(=O)c1cccc(C(=O)N[C@@H](Cc2ccccc2)C(=O)N2CCN([C@H]3C[C@@]4(C)[C@@H](CC[C@@H]5[C@@H]4CC[C@]4(C)[C@@H](O)CC[C@@H]54)C[C@@H]3O)CC2)c1. The van der Waals surface area contributed by atoms with Crippen LogP contribution in [0.25, 0.3) is 0 Å². The molecule has 264 valence electrons. The van der Waals surface area contributed by atoms with E-state index >= 15 is 0 Å². The number of nitrogens with zero attached hydrogens (tertiary/aromatic N) is 2. The minimum absolute atomic E-state index is 0.0667. The van der Waals surface area contributed by atoms with Crippen molar-refractivity contribution in [2.45, 2.75) is 103 Å². The molecule has 5 aliphatic rings. The number of fused-ring (bicyclic) bond motifs is 5. The van der Waals surface area contributed by atoms with E-state index in [-0.39, 0.29) is 46.7 Å². The molecule has 7 rings (SSSR count). The van der Waals surface area contributed by atoms with E-state index in [0.29, 0.717) is 67.4 Å². The number of carbonyl (C=O) groups excluding carboxylic acids is 3. The Labute approximate surface area is 291 Å². The van der Waals surface area contributed by atoms with Gasteiger partial charge >= 0.3 is 0 Å². The van der Waals surface area contributed by atoms with E-state index in [1.807, 2.05) is 35.2 Å². The van der Waals surface area contributed by atoms with Crippen molar-refractivity contribution in [3.63, 3.8) is 0 Å². The molecule has 1 heterocycles. The molecule has 2 aromatic carbocycles. The van der Waals surface area contributed by atoms with Crippen LogP contribution in [0.15, 0.2) is 54.6 Å². The van der Waals surface area contributed by atoms with E-state index in [2.05, 4.69) is 24.1 Å². The molecule has 1 aliphatic heterocycles. The highest BCUT2D eigenvalue weighted by molar-refractivity contribution is 6.01. The summed E-state index contributed by atoms with van der Waals surface area (Å²) in [5.74, 6) is 1.88. The number of amides is 2. The number of Topliss-reactive ketones (excluding diaryl/α,β-unsaturated/α-hetero) is 1. The lowest BCUT2D eigenvalue weighted by atomic mass is 9.44. The zero-order valence-electron chi connectivity index (χ0n) is 29.5. The molecule has 49 heavy (non-hydrogen) atoms. The third-order valence-corrected chi connectivity index (χ3v) is 14.1. The molecule has 8 nitrogen and oxygen atoms in total. The molecule has 0 aromatic heterocycles. The van der Waals surface area contributed by atoms with Gasteiger partial charge in [-0.25, -0.2) is 0 Å². The first-order valence-corrected chi connectivity index (χ1v) is 18.8. The third-order valence-electron chi connectivity index (χ3n) is 14.1. The highest BCUT2D eigenvalue weighted by Gasteiger charge is 2.61.